The lowest BCUT2D eigenvalue weighted by Crippen LogP contribution is -2.35. The Hall–Kier alpha value is -1.30. The molecule has 22 heavy (non-hydrogen) atoms. The Morgan fingerprint density at radius 3 is 2.27 bits per heavy atom. The number of rotatable bonds is 9. The van der Waals surface area contributed by atoms with Crippen molar-refractivity contribution in [2.45, 2.75) is 27.2 Å². The van der Waals surface area contributed by atoms with Gasteiger partial charge in [0.2, 0.25) is 0 Å². The zero-order valence-electron chi connectivity index (χ0n) is 14.6. The third kappa shape index (κ3) is 5.48. The average Bonchev–Trinajstić information content (AvgIpc) is 2.50. The largest absolute Gasteiger partial charge is 0.343 e. The van der Waals surface area contributed by atoms with E-state index in [9.17, 15) is 0 Å². The summed E-state index contributed by atoms with van der Waals surface area (Å²) in [5, 5.41) is 0. The van der Waals surface area contributed by atoms with Gasteiger partial charge in [-0.25, -0.2) is 4.58 Å². The van der Waals surface area contributed by atoms with E-state index in [4.69, 9.17) is 0 Å². The minimum Gasteiger partial charge on any atom is -0.343 e. The summed E-state index contributed by atoms with van der Waals surface area (Å²) >= 11 is 2.27. The average molecular weight is 414 g/mol. The summed E-state index contributed by atoms with van der Waals surface area (Å²) in [5.41, 5.74) is 0.878. The van der Waals surface area contributed by atoms with Crippen LogP contribution in [0, 0.1) is 0 Å². The molecular formula is C18H29IN3+. The predicted molar refractivity (Wildman–Crippen MR) is 107 cm³/mol. The molecule has 0 aromatic heterocycles. The third-order valence-corrected chi connectivity index (χ3v) is 4.39. The summed E-state index contributed by atoms with van der Waals surface area (Å²) in [7, 11) is 4.07. The van der Waals surface area contributed by atoms with Crippen molar-refractivity contribution in [2.24, 2.45) is 0 Å². The van der Waals surface area contributed by atoms with Crippen LogP contribution in [-0.4, -0.2) is 38.7 Å². The molecule has 0 atom stereocenters. The lowest BCUT2D eigenvalue weighted by Gasteiger charge is -2.28. The van der Waals surface area contributed by atoms with E-state index in [2.05, 4.69) is 76.8 Å². The Morgan fingerprint density at radius 1 is 1.27 bits per heavy atom. The van der Waals surface area contributed by atoms with Crippen LogP contribution in [0.4, 0.5) is 0 Å². The fourth-order valence-electron chi connectivity index (χ4n) is 2.07. The minimum absolute atomic E-state index is 0.878. The molecule has 0 heterocycles. The maximum atomic E-state index is 4.27. The first-order chi connectivity index (χ1) is 10.3. The SMILES string of the molecule is C=C/C(I)=[N+](C)\C(=C/C)N(C(=C)/C=C\C)C(=C)N(C)CCC. The van der Waals surface area contributed by atoms with Crippen LogP contribution < -0.4 is 0 Å². The molecule has 0 amide bonds. The van der Waals surface area contributed by atoms with Gasteiger partial charge in [-0.05, 0) is 39.0 Å². The van der Waals surface area contributed by atoms with Crippen molar-refractivity contribution in [3.05, 3.63) is 61.4 Å². The second kappa shape index (κ2) is 10.4. The highest BCUT2D eigenvalue weighted by Gasteiger charge is 2.27. The molecule has 4 heteroatoms. The molecule has 3 nitrogen and oxygen atoms in total. The molecule has 0 saturated heterocycles. The van der Waals surface area contributed by atoms with Gasteiger partial charge in [0.25, 0.3) is 5.82 Å². The summed E-state index contributed by atoms with van der Waals surface area (Å²) in [6, 6.07) is 0. The van der Waals surface area contributed by atoms with Crippen LogP contribution in [0.25, 0.3) is 0 Å². The van der Waals surface area contributed by atoms with Gasteiger partial charge in [0.05, 0.1) is 7.05 Å². The fourth-order valence-corrected chi connectivity index (χ4v) is 2.31. The first-order valence-corrected chi connectivity index (χ1v) is 8.50. The standard InChI is InChI=1S/C18H29IN3/c1-9-13-15(5)22(16(6)20(7)14-10-2)18(12-4)21(8)17(19)11-3/h9,11-13H,3,5-6,10,14H2,1-2,4,7-8H3/q+1/b13-9-,18-12+,21-17+. The second-order valence-electron chi connectivity index (χ2n) is 4.90. The van der Waals surface area contributed by atoms with Crippen LogP contribution in [0.15, 0.2) is 61.4 Å². The predicted octanol–water partition coefficient (Wildman–Crippen LogP) is 4.71. The minimum atomic E-state index is 0.878. The summed E-state index contributed by atoms with van der Waals surface area (Å²) < 4.78 is 3.11. The molecule has 0 unspecified atom stereocenters. The zero-order valence-corrected chi connectivity index (χ0v) is 16.7. The van der Waals surface area contributed by atoms with Crippen molar-refractivity contribution in [3.8, 4) is 0 Å². The molecule has 0 aliphatic heterocycles. The van der Waals surface area contributed by atoms with E-state index in [1.807, 2.05) is 39.1 Å². The number of nitrogens with zero attached hydrogens (tertiary/aromatic N) is 3. The Kier molecular flexibility index (Phi) is 9.81. The summed E-state index contributed by atoms with van der Waals surface area (Å²) in [6.45, 7) is 19.4. The normalized spacial score (nSPS) is 12.9. The number of hydrogen-bond acceptors (Lipinski definition) is 2. The van der Waals surface area contributed by atoms with Crippen LogP contribution in [-0.2, 0) is 0 Å². The molecule has 0 saturated carbocycles. The van der Waals surface area contributed by atoms with Crippen molar-refractivity contribution in [1.82, 2.24) is 9.80 Å². The number of hydrogen-bond donors (Lipinski definition) is 0. The van der Waals surface area contributed by atoms with Crippen molar-refractivity contribution >= 4 is 26.3 Å². The first-order valence-electron chi connectivity index (χ1n) is 7.42. The highest BCUT2D eigenvalue weighted by atomic mass is 127. The topological polar surface area (TPSA) is 9.49 Å². The van der Waals surface area contributed by atoms with Gasteiger partial charge in [-0.2, -0.15) is 4.90 Å². The molecule has 0 aliphatic rings. The van der Waals surface area contributed by atoms with E-state index in [1.165, 1.54) is 0 Å². The second-order valence-corrected chi connectivity index (χ2v) is 6.00. The summed E-state index contributed by atoms with van der Waals surface area (Å²) in [6.07, 6.45) is 8.93. The van der Waals surface area contributed by atoms with Crippen LogP contribution >= 0.6 is 22.6 Å². The lowest BCUT2D eigenvalue weighted by atomic mass is 10.3. The van der Waals surface area contributed by atoms with E-state index >= 15 is 0 Å². The van der Waals surface area contributed by atoms with Gasteiger partial charge in [-0.15, -0.1) is 0 Å². The molecule has 0 radical (unpaired) electrons. The maximum absolute atomic E-state index is 4.27. The zero-order chi connectivity index (χ0) is 17.3. The molecule has 0 bridgehead atoms. The van der Waals surface area contributed by atoms with Gasteiger partial charge in [-0.3, -0.25) is 0 Å². The smallest absolute Gasteiger partial charge is 0.284 e. The highest BCUT2D eigenvalue weighted by molar-refractivity contribution is 14.1. The Balaban J connectivity index is 5.92. The van der Waals surface area contributed by atoms with Crippen molar-refractivity contribution in [2.75, 3.05) is 20.6 Å². The van der Waals surface area contributed by atoms with E-state index in [0.29, 0.717) is 0 Å². The fraction of sp³-hybridized carbons (Fsp3) is 0.389. The molecule has 0 aromatic rings. The van der Waals surface area contributed by atoms with Gasteiger partial charge in [0.15, 0.2) is 9.54 Å². The summed E-state index contributed by atoms with van der Waals surface area (Å²) in [4.78, 5) is 4.21. The molecule has 0 rings (SSSR count). The third-order valence-electron chi connectivity index (χ3n) is 3.22. The Bertz CT molecular complexity index is 512. The molecule has 0 N–H and O–H groups in total. The number of halogens is 1. The number of allylic oxidation sites excluding steroid dienone is 4. The molecule has 122 valence electrons. The van der Waals surface area contributed by atoms with Gasteiger partial charge < -0.3 is 4.90 Å². The molecule has 0 spiro atoms. The Morgan fingerprint density at radius 2 is 1.86 bits per heavy atom. The van der Waals surface area contributed by atoms with Gasteiger partial charge in [0.1, 0.15) is 5.70 Å². The summed E-state index contributed by atoms with van der Waals surface area (Å²) in [5.74, 6) is 1.90. The molecule has 0 fully saturated rings. The van der Waals surface area contributed by atoms with Gasteiger partial charge >= 0.3 is 0 Å². The molecule has 0 aromatic carbocycles. The lowest BCUT2D eigenvalue weighted by molar-refractivity contribution is -0.456. The maximum Gasteiger partial charge on any atom is 0.284 e. The van der Waals surface area contributed by atoms with Crippen molar-refractivity contribution in [3.63, 3.8) is 0 Å². The van der Waals surface area contributed by atoms with Crippen molar-refractivity contribution < 1.29 is 4.58 Å². The quantitative estimate of drug-likeness (QED) is 0.234. The van der Waals surface area contributed by atoms with Crippen LogP contribution in [0.5, 0.6) is 0 Å². The van der Waals surface area contributed by atoms with E-state index < -0.39 is 0 Å². The van der Waals surface area contributed by atoms with Gasteiger partial charge in [-0.1, -0.05) is 26.2 Å². The van der Waals surface area contributed by atoms with Crippen LogP contribution in [0.3, 0.4) is 0 Å². The van der Waals surface area contributed by atoms with Crippen molar-refractivity contribution in [1.29, 1.82) is 0 Å². The monoisotopic (exact) mass is 414 g/mol. The van der Waals surface area contributed by atoms with Crippen LogP contribution in [0.1, 0.15) is 27.2 Å². The first kappa shape index (κ1) is 20.7. The highest BCUT2D eigenvalue weighted by Crippen LogP contribution is 2.22. The van der Waals surface area contributed by atoms with E-state index in [1.54, 1.807) is 0 Å². The van der Waals surface area contributed by atoms with E-state index in [0.717, 1.165) is 34.0 Å². The molecule has 0 aliphatic carbocycles. The van der Waals surface area contributed by atoms with Gasteiger partial charge in [0, 0.05) is 42.3 Å². The van der Waals surface area contributed by atoms with Crippen LogP contribution in [0.2, 0.25) is 0 Å². The van der Waals surface area contributed by atoms with E-state index in [-0.39, 0.29) is 0 Å². The molecular weight excluding hydrogens is 385 g/mol. The Labute approximate surface area is 149 Å².